The van der Waals surface area contributed by atoms with E-state index in [-0.39, 0.29) is 0 Å². The lowest BCUT2D eigenvalue weighted by atomic mass is 10.1. The lowest BCUT2D eigenvalue weighted by Crippen LogP contribution is -1.87. The Morgan fingerprint density at radius 1 is 0.667 bits per heavy atom. The molecule has 3 atom stereocenters. The van der Waals surface area contributed by atoms with E-state index in [2.05, 4.69) is 45.9 Å². The first-order valence-electron chi connectivity index (χ1n) is 4.02. The van der Waals surface area contributed by atoms with Gasteiger partial charge in [0.15, 0.2) is 0 Å². The predicted octanol–water partition coefficient (Wildman–Crippen LogP) is 2.81. The first-order valence-corrected chi connectivity index (χ1v) is 6.47. The minimum Gasteiger partial charge on any atom is -0.133 e. The molecule has 0 aliphatic carbocycles. The third-order valence-corrected chi connectivity index (χ3v) is 3.23. The van der Waals surface area contributed by atoms with Gasteiger partial charge >= 0.3 is 0 Å². The molecule has 0 saturated carbocycles. The van der Waals surface area contributed by atoms with Crippen molar-refractivity contribution in [1.82, 2.24) is 0 Å². The number of rotatable bonds is 3. The van der Waals surface area contributed by atoms with Gasteiger partial charge in [0.25, 0.3) is 0 Å². The minimum absolute atomic E-state index is 1.05. The van der Waals surface area contributed by atoms with Crippen molar-refractivity contribution in [2.24, 2.45) is 0 Å². The van der Waals surface area contributed by atoms with E-state index in [9.17, 15) is 0 Å². The molecule has 0 aliphatic rings. The molecule has 0 bridgehead atoms. The van der Waals surface area contributed by atoms with Crippen LogP contribution in [-0.2, 0) is 18.5 Å². The first kappa shape index (κ1) is 10.6. The smallest absolute Gasteiger partial charge is 0.0128 e. The molecule has 1 aromatic rings. The Bertz CT molecular complexity index is 203. The van der Waals surface area contributed by atoms with Crippen molar-refractivity contribution in [3.8, 4) is 0 Å². The van der Waals surface area contributed by atoms with Crippen molar-refractivity contribution in [3.05, 3.63) is 34.9 Å². The molecule has 0 aromatic heterocycles. The van der Waals surface area contributed by atoms with E-state index in [1.807, 2.05) is 0 Å². The number of hydrogen-bond acceptors (Lipinski definition) is 0. The molecule has 0 heterocycles. The summed E-state index contributed by atoms with van der Waals surface area (Å²) in [5, 5.41) is 0. The van der Waals surface area contributed by atoms with Crippen LogP contribution in [0.2, 0.25) is 0 Å². The van der Waals surface area contributed by atoms with Gasteiger partial charge in [-0.2, -0.15) is 0 Å². The molecule has 3 unspecified atom stereocenters. The van der Waals surface area contributed by atoms with Crippen LogP contribution >= 0.6 is 27.7 Å². The van der Waals surface area contributed by atoms with Gasteiger partial charge < -0.3 is 0 Å². The quantitative estimate of drug-likeness (QED) is 0.681. The summed E-state index contributed by atoms with van der Waals surface area (Å²) in [6.07, 6.45) is 3.16. The molecule has 0 fully saturated rings. The van der Waals surface area contributed by atoms with E-state index >= 15 is 0 Å². The van der Waals surface area contributed by atoms with Crippen LogP contribution in [0.3, 0.4) is 0 Å². The molecular formula is C9H15P3. The van der Waals surface area contributed by atoms with Crippen LogP contribution in [0.15, 0.2) is 18.2 Å². The fourth-order valence-electron chi connectivity index (χ4n) is 1.19. The molecule has 12 heavy (non-hydrogen) atoms. The maximum Gasteiger partial charge on any atom is -0.0128 e. The minimum atomic E-state index is 1.05. The van der Waals surface area contributed by atoms with Crippen molar-refractivity contribution in [2.75, 3.05) is 0 Å². The molecule has 1 rings (SSSR count). The predicted molar refractivity (Wildman–Crippen MR) is 66.7 cm³/mol. The average Bonchev–Trinajstić information content (AvgIpc) is 2.16. The highest BCUT2D eigenvalue weighted by atomic mass is 31.0. The lowest BCUT2D eigenvalue weighted by molar-refractivity contribution is 1.27. The van der Waals surface area contributed by atoms with Crippen LogP contribution in [0.25, 0.3) is 0 Å². The Morgan fingerprint density at radius 3 is 1.08 bits per heavy atom. The van der Waals surface area contributed by atoms with Crippen LogP contribution in [-0.4, -0.2) is 0 Å². The summed E-state index contributed by atoms with van der Waals surface area (Å²) < 4.78 is 0. The molecule has 1 aromatic carbocycles. The van der Waals surface area contributed by atoms with Gasteiger partial charge in [-0.1, -0.05) is 18.2 Å². The average molecular weight is 216 g/mol. The van der Waals surface area contributed by atoms with Crippen LogP contribution < -0.4 is 0 Å². The number of hydrogen-bond donors (Lipinski definition) is 0. The molecule has 66 valence electrons. The standard InChI is InChI=1S/C9H15P3/c10-4-7-1-8(5-11)3-9(2-7)6-12/h1-3H,4-6,10-12H2. The maximum atomic E-state index is 2.77. The summed E-state index contributed by atoms with van der Waals surface area (Å²) in [5.74, 6) is 0. The Balaban J connectivity index is 3.01. The van der Waals surface area contributed by atoms with Crippen LogP contribution in [0.4, 0.5) is 0 Å². The lowest BCUT2D eigenvalue weighted by Gasteiger charge is -2.04. The van der Waals surface area contributed by atoms with Crippen molar-refractivity contribution in [2.45, 2.75) is 18.5 Å². The van der Waals surface area contributed by atoms with Crippen LogP contribution in [0.1, 0.15) is 16.7 Å². The Kier molecular flexibility index (Phi) is 4.66. The molecule has 0 N–H and O–H groups in total. The summed E-state index contributed by atoms with van der Waals surface area (Å²) in [4.78, 5) is 0. The van der Waals surface area contributed by atoms with E-state index in [1.54, 1.807) is 0 Å². The summed E-state index contributed by atoms with van der Waals surface area (Å²) in [5.41, 5.74) is 4.24. The van der Waals surface area contributed by atoms with E-state index < -0.39 is 0 Å². The zero-order valence-electron chi connectivity index (χ0n) is 7.09. The second-order valence-electron chi connectivity index (χ2n) is 2.77. The zero-order chi connectivity index (χ0) is 8.97. The molecule has 0 spiro atoms. The second-order valence-corrected chi connectivity index (χ2v) is 3.99. The fourth-order valence-corrected chi connectivity index (χ4v) is 1.90. The number of benzene rings is 1. The third kappa shape index (κ3) is 2.77. The van der Waals surface area contributed by atoms with Crippen molar-refractivity contribution in [3.63, 3.8) is 0 Å². The summed E-state index contributed by atoms with van der Waals surface area (Å²) in [6.45, 7) is 0. The molecule has 0 aliphatic heterocycles. The molecule has 0 amide bonds. The highest BCUT2D eigenvalue weighted by Crippen LogP contribution is 2.17. The fraction of sp³-hybridized carbons (Fsp3) is 0.333. The highest BCUT2D eigenvalue weighted by Gasteiger charge is 1.96. The topological polar surface area (TPSA) is 0 Å². The van der Waals surface area contributed by atoms with E-state index in [0.717, 1.165) is 18.5 Å². The Morgan fingerprint density at radius 2 is 0.917 bits per heavy atom. The largest absolute Gasteiger partial charge is 0.133 e. The molecule has 0 nitrogen and oxygen atoms in total. The van der Waals surface area contributed by atoms with Gasteiger partial charge in [0.2, 0.25) is 0 Å². The molecule has 3 heteroatoms. The van der Waals surface area contributed by atoms with Gasteiger partial charge in [-0.05, 0) is 35.2 Å². The summed E-state index contributed by atoms with van der Waals surface area (Å²) >= 11 is 0. The summed E-state index contributed by atoms with van der Waals surface area (Å²) in [6, 6.07) is 6.80. The van der Waals surface area contributed by atoms with Crippen molar-refractivity contribution < 1.29 is 0 Å². The van der Waals surface area contributed by atoms with Crippen molar-refractivity contribution in [1.29, 1.82) is 0 Å². The Labute approximate surface area is 81.5 Å². The normalized spacial score (nSPS) is 10.2. The Hall–Kier alpha value is 0.510. The van der Waals surface area contributed by atoms with Crippen molar-refractivity contribution >= 4 is 27.7 Å². The van der Waals surface area contributed by atoms with Gasteiger partial charge in [0, 0.05) is 0 Å². The van der Waals surface area contributed by atoms with Gasteiger partial charge in [0.1, 0.15) is 0 Å². The third-order valence-electron chi connectivity index (χ3n) is 1.82. The van der Waals surface area contributed by atoms with Crippen LogP contribution in [0.5, 0.6) is 0 Å². The van der Waals surface area contributed by atoms with Gasteiger partial charge in [-0.3, -0.25) is 0 Å². The van der Waals surface area contributed by atoms with Gasteiger partial charge in [0.05, 0.1) is 0 Å². The molecule has 0 radical (unpaired) electrons. The monoisotopic (exact) mass is 216 g/mol. The second kappa shape index (κ2) is 5.29. The van der Waals surface area contributed by atoms with Gasteiger partial charge in [-0.15, -0.1) is 27.7 Å². The van der Waals surface area contributed by atoms with E-state index in [0.29, 0.717) is 0 Å². The van der Waals surface area contributed by atoms with E-state index in [1.165, 1.54) is 16.7 Å². The molecular weight excluding hydrogens is 201 g/mol. The van der Waals surface area contributed by atoms with E-state index in [4.69, 9.17) is 0 Å². The summed E-state index contributed by atoms with van der Waals surface area (Å²) in [7, 11) is 8.30. The molecule has 0 saturated heterocycles. The maximum absolute atomic E-state index is 2.77. The van der Waals surface area contributed by atoms with Crippen LogP contribution in [0, 0.1) is 0 Å². The van der Waals surface area contributed by atoms with Gasteiger partial charge in [-0.25, -0.2) is 0 Å². The first-order chi connectivity index (χ1) is 5.80. The zero-order valence-corrected chi connectivity index (χ0v) is 10.5. The highest BCUT2D eigenvalue weighted by molar-refractivity contribution is 7.15. The SMILES string of the molecule is PCc1cc(CP)cc(CP)c1.